The minimum absolute atomic E-state index is 0.182. The van der Waals surface area contributed by atoms with E-state index < -0.39 is 0 Å². The van der Waals surface area contributed by atoms with Crippen molar-refractivity contribution in [3.63, 3.8) is 0 Å². The minimum atomic E-state index is -0.182. The molecule has 4 nitrogen and oxygen atoms in total. The van der Waals surface area contributed by atoms with Crippen molar-refractivity contribution in [1.82, 2.24) is 9.78 Å². The lowest BCUT2D eigenvalue weighted by Crippen LogP contribution is -2.20. The first-order valence-electron chi connectivity index (χ1n) is 7.04. The van der Waals surface area contributed by atoms with Crippen LogP contribution in [-0.2, 0) is 17.7 Å². The van der Waals surface area contributed by atoms with E-state index in [0.717, 1.165) is 12.1 Å². The molecule has 0 saturated carbocycles. The standard InChI is InChI=1S/C16H22ClN3O/c1-11-6-12(2)8-13(7-11)9-15(18)16-14(17)10-19-20(16)4-5-21-3/h6-8,10,15H,4-5,9,18H2,1-3H3. The third kappa shape index (κ3) is 4.06. The number of ether oxygens (including phenoxy) is 1. The van der Waals surface area contributed by atoms with Crippen LogP contribution in [0.4, 0.5) is 0 Å². The highest BCUT2D eigenvalue weighted by Crippen LogP contribution is 2.24. The van der Waals surface area contributed by atoms with Gasteiger partial charge in [0.1, 0.15) is 0 Å². The second kappa shape index (κ2) is 7.07. The maximum atomic E-state index is 6.36. The van der Waals surface area contributed by atoms with Crippen molar-refractivity contribution in [2.24, 2.45) is 5.73 Å². The molecule has 1 unspecified atom stereocenters. The molecule has 0 radical (unpaired) electrons. The van der Waals surface area contributed by atoms with E-state index in [0.29, 0.717) is 18.2 Å². The van der Waals surface area contributed by atoms with Gasteiger partial charge >= 0.3 is 0 Å². The van der Waals surface area contributed by atoms with Gasteiger partial charge < -0.3 is 10.5 Å². The number of rotatable bonds is 6. The van der Waals surface area contributed by atoms with Crippen LogP contribution >= 0.6 is 11.6 Å². The molecular weight excluding hydrogens is 286 g/mol. The zero-order valence-corrected chi connectivity index (χ0v) is 13.5. The molecule has 0 fully saturated rings. The highest BCUT2D eigenvalue weighted by atomic mass is 35.5. The summed E-state index contributed by atoms with van der Waals surface area (Å²) < 4.78 is 6.93. The normalized spacial score (nSPS) is 12.6. The van der Waals surface area contributed by atoms with Crippen molar-refractivity contribution < 1.29 is 4.74 Å². The fraction of sp³-hybridized carbons (Fsp3) is 0.438. The first-order valence-corrected chi connectivity index (χ1v) is 7.42. The van der Waals surface area contributed by atoms with Gasteiger partial charge in [-0.3, -0.25) is 4.68 Å². The Bertz CT molecular complexity index is 589. The number of methoxy groups -OCH3 is 1. The Kier molecular flexibility index (Phi) is 5.39. The van der Waals surface area contributed by atoms with Crippen LogP contribution in [0.1, 0.15) is 28.4 Å². The van der Waals surface area contributed by atoms with Crippen LogP contribution in [0, 0.1) is 13.8 Å². The van der Waals surface area contributed by atoms with Gasteiger partial charge in [0.15, 0.2) is 0 Å². The SMILES string of the molecule is COCCn1ncc(Cl)c1C(N)Cc1cc(C)cc(C)c1. The zero-order valence-electron chi connectivity index (χ0n) is 12.8. The highest BCUT2D eigenvalue weighted by molar-refractivity contribution is 6.31. The Hall–Kier alpha value is -1.36. The molecule has 114 valence electrons. The molecule has 0 bridgehead atoms. The molecule has 1 atom stereocenters. The maximum absolute atomic E-state index is 6.36. The molecule has 0 aliphatic carbocycles. The Morgan fingerprint density at radius 1 is 1.29 bits per heavy atom. The Morgan fingerprint density at radius 2 is 1.95 bits per heavy atom. The van der Waals surface area contributed by atoms with E-state index in [1.807, 2.05) is 4.68 Å². The molecule has 2 aromatic rings. The molecule has 1 aromatic carbocycles. The quantitative estimate of drug-likeness (QED) is 0.892. The lowest BCUT2D eigenvalue weighted by Gasteiger charge is -2.16. The number of halogens is 1. The minimum Gasteiger partial charge on any atom is -0.383 e. The Balaban J connectivity index is 2.19. The zero-order chi connectivity index (χ0) is 15.4. The van der Waals surface area contributed by atoms with Crippen LogP contribution in [-0.4, -0.2) is 23.5 Å². The van der Waals surface area contributed by atoms with E-state index in [1.165, 1.54) is 16.7 Å². The number of hydrogen-bond donors (Lipinski definition) is 1. The van der Waals surface area contributed by atoms with E-state index >= 15 is 0 Å². The Morgan fingerprint density at radius 3 is 2.57 bits per heavy atom. The van der Waals surface area contributed by atoms with E-state index in [4.69, 9.17) is 22.1 Å². The molecular formula is C16H22ClN3O. The third-order valence-electron chi connectivity index (χ3n) is 3.43. The second-order valence-corrected chi connectivity index (χ2v) is 5.81. The van der Waals surface area contributed by atoms with Gasteiger partial charge in [0.2, 0.25) is 0 Å². The van der Waals surface area contributed by atoms with Crippen molar-refractivity contribution in [1.29, 1.82) is 0 Å². The highest BCUT2D eigenvalue weighted by Gasteiger charge is 2.17. The van der Waals surface area contributed by atoms with Crippen molar-refractivity contribution in [3.05, 3.63) is 51.8 Å². The number of aryl methyl sites for hydroxylation is 2. The molecule has 1 heterocycles. The molecule has 21 heavy (non-hydrogen) atoms. The lowest BCUT2D eigenvalue weighted by atomic mass is 10.00. The number of aromatic nitrogens is 2. The smallest absolute Gasteiger partial charge is 0.0834 e. The summed E-state index contributed by atoms with van der Waals surface area (Å²) in [6, 6.07) is 6.30. The van der Waals surface area contributed by atoms with Crippen molar-refractivity contribution in [2.75, 3.05) is 13.7 Å². The van der Waals surface area contributed by atoms with Gasteiger partial charge in [-0.05, 0) is 25.8 Å². The Labute approximate surface area is 130 Å². The van der Waals surface area contributed by atoms with Gasteiger partial charge in [-0.1, -0.05) is 40.9 Å². The predicted octanol–water partition coefficient (Wildman–Crippen LogP) is 3.04. The summed E-state index contributed by atoms with van der Waals surface area (Å²) in [5, 5.41) is 4.89. The lowest BCUT2D eigenvalue weighted by molar-refractivity contribution is 0.182. The summed E-state index contributed by atoms with van der Waals surface area (Å²) >= 11 is 6.24. The summed E-state index contributed by atoms with van der Waals surface area (Å²) in [6.07, 6.45) is 2.38. The van der Waals surface area contributed by atoms with Gasteiger partial charge in [-0.25, -0.2) is 0 Å². The van der Waals surface area contributed by atoms with Crippen LogP contribution in [0.5, 0.6) is 0 Å². The first kappa shape index (κ1) is 16.0. The van der Waals surface area contributed by atoms with Crippen molar-refractivity contribution in [2.45, 2.75) is 32.9 Å². The monoisotopic (exact) mass is 307 g/mol. The molecule has 1 aromatic heterocycles. The third-order valence-corrected chi connectivity index (χ3v) is 3.72. The topological polar surface area (TPSA) is 53.1 Å². The van der Waals surface area contributed by atoms with Gasteiger partial charge in [0.05, 0.1) is 36.1 Å². The van der Waals surface area contributed by atoms with Crippen molar-refractivity contribution in [3.8, 4) is 0 Å². The molecule has 0 saturated heterocycles. The van der Waals surface area contributed by atoms with Crippen LogP contribution in [0.3, 0.4) is 0 Å². The van der Waals surface area contributed by atoms with Gasteiger partial charge in [0, 0.05) is 7.11 Å². The fourth-order valence-electron chi connectivity index (χ4n) is 2.63. The van der Waals surface area contributed by atoms with Gasteiger partial charge in [-0.15, -0.1) is 0 Å². The van der Waals surface area contributed by atoms with Crippen LogP contribution in [0.2, 0.25) is 5.02 Å². The largest absolute Gasteiger partial charge is 0.383 e. The molecule has 0 aliphatic rings. The summed E-state index contributed by atoms with van der Waals surface area (Å²) in [6.45, 7) is 5.43. The predicted molar refractivity (Wildman–Crippen MR) is 85.7 cm³/mol. The number of benzene rings is 1. The average Bonchev–Trinajstić information content (AvgIpc) is 2.76. The number of nitrogens with zero attached hydrogens (tertiary/aromatic N) is 2. The first-order chi connectivity index (χ1) is 10.0. The van der Waals surface area contributed by atoms with E-state index in [1.54, 1.807) is 13.3 Å². The van der Waals surface area contributed by atoms with E-state index in [2.05, 4.69) is 37.1 Å². The molecule has 0 aliphatic heterocycles. The summed E-state index contributed by atoms with van der Waals surface area (Å²) in [7, 11) is 1.67. The van der Waals surface area contributed by atoms with Crippen LogP contribution < -0.4 is 5.73 Å². The summed E-state index contributed by atoms with van der Waals surface area (Å²) in [4.78, 5) is 0. The fourth-order valence-corrected chi connectivity index (χ4v) is 2.92. The van der Waals surface area contributed by atoms with Gasteiger partial charge in [-0.2, -0.15) is 5.10 Å². The van der Waals surface area contributed by atoms with Crippen LogP contribution in [0.25, 0.3) is 0 Å². The average molecular weight is 308 g/mol. The van der Waals surface area contributed by atoms with E-state index in [-0.39, 0.29) is 6.04 Å². The molecule has 0 amide bonds. The number of nitrogens with two attached hydrogens (primary N) is 1. The van der Waals surface area contributed by atoms with E-state index in [9.17, 15) is 0 Å². The second-order valence-electron chi connectivity index (χ2n) is 5.40. The molecule has 2 N–H and O–H groups in total. The molecule has 5 heteroatoms. The molecule has 2 rings (SSSR count). The molecule has 0 spiro atoms. The summed E-state index contributed by atoms with van der Waals surface area (Å²) in [5.41, 5.74) is 10.9. The van der Waals surface area contributed by atoms with Crippen LogP contribution in [0.15, 0.2) is 24.4 Å². The van der Waals surface area contributed by atoms with Crippen molar-refractivity contribution >= 4 is 11.6 Å². The maximum Gasteiger partial charge on any atom is 0.0834 e. The van der Waals surface area contributed by atoms with Gasteiger partial charge in [0.25, 0.3) is 0 Å². The number of hydrogen-bond acceptors (Lipinski definition) is 3. The summed E-state index contributed by atoms with van der Waals surface area (Å²) in [5.74, 6) is 0.